The van der Waals surface area contributed by atoms with Gasteiger partial charge in [0.1, 0.15) is 0 Å². The molecule has 1 aliphatic rings. The van der Waals surface area contributed by atoms with Crippen LogP contribution in [0.5, 0.6) is 0 Å². The number of hydrogen-bond donors (Lipinski definition) is 0. The zero-order valence-electron chi connectivity index (χ0n) is 7.82. The van der Waals surface area contributed by atoms with Gasteiger partial charge in [-0.1, -0.05) is 6.92 Å². The molecule has 0 aliphatic carbocycles. The molecule has 0 bridgehead atoms. The lowest BCUT2D eigenvalue weighted by Crippen LogP contribution is -2.32. The molecule has 0 saturated carbocycles. The van der Waals surface area contributed by atoms with Crippen molar-refractivity contribution in [2.24, 2.45) is 0 Å². The van der Waals surface area contributed by atoms with Gasteiger partial charge in [0.25, 0.3) is 0 Å². The highest BCUT2D eigenvalue weighted by Gasteiger charge is 2.13. The Morgan fingerprint density at radius 1 is 1.46 bits per heavy atom. The first-order valence-corrected chi connectivity index (χ1v) is 6.70. The van der Waals surface area contributed by atoms with Gasteiger partial charge in [-0.05, 0) is 6.42 Å². The van der Waals surface area contributed by atoms with Crippen molar-refractivity contribution in [2.75, 3.05) is 29.5 Å². The van der Waals surface area contributed by atoms with Crippen LogP contribution in [0.4, 0.5) is 5.13 Å². The molecule has 0 aromatic carbocycles. The van der Waals surface area contributed by atoms with Crippen molar-refractivity contribution in [1.29, 1.82) is 0 Å². The van der Waals surface area contributed by atoms with Crippen molar-refractivity contribution in [3.63, 3.8) is 0 Å². The summed E-state index contributed by atoms with van der Waals surface area (Å²) >= 11 is 3.83. The molecule has 0 radical (unpaired) electrons. The Kier molecular flexibility index (Phi) is 3.11. The second-order valence-electron chi connectivity index (χ2n) is 3.07. The van der Waals surface area contributed by atoms with Crippen molar-refractivity contribution < 1.29 is 0 Å². The summed E-state index contributed by atoms with van der Waals surface area (Å²) in [7, 11) is 0. The number of aromatic nitrogens is 1. The molecule has 0 amide bonds. The highest BCUT2D eigenvalue weighted by atomic mass is 32.2. The average molecular weight is 214 g/mol. The van der Waals surface area contributed by atoms with Gasteiger partial charge < -0.3 is 4.90 Å². The van der Waals surface area contributed by atoms with Gasteiger partial charge in [0, 0.05) is 30.0 Å². The number of rotatable bonds is 2. The third-order valence-electron chi connectivity index (χ3n) is 2.18. The number of nitrogens with zero attached hydrogens (tertiary/aromatic N) is 2. The second-order valence-corrected chi connectivity index (χ2v) is 5.14. The maximum absolute atomic E-state index is 4.59. The van der Waals surface area contributed by atoms with Gasteiger partial charge in [-0.2, -0.15) is 11.8 Å². The summed E-state index contributed by atoms with van der Waals surface area (Å²) in [5.74, 6) is 2.50. The Morgan fingerprint density at radius 2 is 2.23 bits per heavy atom. The zero-order valence-corrected chi connectivity index (χ0v) is 9.46. The first-order valence-electron chi connectivity index (χ1n) is 4.67. The minimum atomic E-state index is 1.05. The van der Waals surface area contributed by atoms with Crippen molar-refractivity contribution >= 4 is 28.2 Å². The maximum atomic E-state index is 4.59. The summed E-state index contributed by atoms with van der Waals surface area (Å²) in [6.45, 7) is 4.49. The fourth-order valence-electron chi connectivity index (χ4n) is 1.36. The van der Waals surface area contributed by atoms with E-state index < -0.39 is 0 Å². The Labute approximate surface area is 87.4 Å². The molecule has 2 heterocycles. The molecule has 0 spiro atoms. The van der Waals surface area contributed by atoms with E-state index in [9.17, 15) is 0 Å². The summed E-state index contributed by atoms with van der Waals surface area (Å²) in [6, 6.07) is 0. The third-order valence-corrected chi connectivity index (χ3v) is 4.08. The normalized spacial score (nSPS) is 17.8. The molecule has 2 nitrogen and oxygen atoms in total. The molecular formula is C9H14N2S2. The van der Waals surface area contributed by atoms with E-state index in [1.165, 1.54) is 35.4 Å². The van der Waals surface area contributed by atoms with E-state index in [0.717, 1.165) is 6.42 Å². The third kappa shape index (κ3) is 2.17. The highest BCUT2D eigenvalue weighted by molar-refractivity contribution is 7.99. The van der Waals surface area contributed by atoms with Gasteiger partial charge in [-0.25, -0.2) is 4.98 Å². The molecule has 4 heteroatoms. The molecule has 1 saturated heterocycles. The van der Waals surface area contributed by atoms with E-state index in [4.69, 9.17) is 0 Å². The van der Waals surface area contributed by atoms with Gasteiger partial charge in [0.2, 0.25) is 0 Å². The van der Waals surface area contributed by atoms with Crippen LogP contribution in [0.2, 0.25) is 0 Å². The Bertz CT molecular complexity index is 266. The standard InChI is InChI=1S/C9H14N2S2/c1-2-8-7-13-9(10-8)11-3-5-12-6-4-11/h7H,2-6H2,1H3. The van der Waals surface area contributed by atoms with Gasteiger partial charge in [0.15, 0.2) is 5.13 Å². The fraction of sp³-hybridized carbons (Fsp3) is 0.667. The van der Waals surface area contributed by atoms with Crippen LogP contribution in [0.3, 0.4) is 0 Å². The lowest BCUT2D eigenvalue weighted by atomic mass is 10.4. The Balaban J connectivity index is 2.05. The molecule has 0 unspecified atom stereocenters. The van der Waals surface area contributed by atoms with E-state index in [0.29, 0.717) is 0 Å². The summed E-state index contributed by atoms with van der Waals surface area (Å²) < 4.78 is 0. The van der Waals surface area contributed by atoms with Crippen molar-refractivity contribution in [3.8, 4) is 0 Å². The quantitative estimate of drug-likeness (QED) is 0.751. The van der Waals surface area contributed by atoms with Crippen LogP contribution in [-0.2, 0) is 6.42 Å². The van der Waals surface area contributed by atoms with E-state index >= 15 is 0 Å². The topological polar surface area (TPSA) is 16.1 Å². The summed E-state index contributed by atoms with van der Waals surface area (Å²) in [5, 5.41) is 3.40. The van der Waals surface area contributed by atoms with Crippen molar-refractivity contribution in [1.82, 2.24) is 4.98 Å². The zero-order chi connectivity index (χ0) is 9.10. The SMILES string of the molecule is CCc1csc(N2CCSCC2)n1. The van der Waals surface area contributed by atoms with E-state index in [1.54, 1.807) is 11.3 Å². The molecule has 72 valence electrons. The van der Waals surface area contributed by atoms with Crippen LogP contribution in [0.15, 0.2) is 5.38 Å². The molecule has 0 atom stereocenters. The summed E-state index contributed by atoms with van der Waals surface area (Å²) in [6.07, 6.45) is 1.05. The molecule has 1 aromatic heterocycles. The molecule has 1 aliphatic heterocycles. The predicted molar refractivity (Wildman–Crippen MR) is 61.0 cm³/mol. The number of thiazole rings is 1. The number of hydrogen-bond acceptors (Lipinski definition) is 4. The van der Waals surface area contributed by atoms with Gasteiger partial charge in [-0.3, -0.25) is 0 Å². The van der Waals surface area contributed by atoms with Crippen LogP contribution in [0, 0.1) is 0 Å². The monoisotopic (exact) mass is 214 g/mol. The first-order chi connectivity index (χ1) is 6.40. The lowest BCUT2D eigenvalue weighted by Gasteiger charge is -2.25. The van der Waals surface area contributed by atoms with Gasteiger partial charge in [-0.15, -0.1) is 11.3 Å². The average Bonchev–Trinajstić information content (AvgIpc) is 2.67. The summed E-state index contributed by atoms with van der Waals surface area (Å²) in [4.78, 5) is 6.99. The van der Waals surface area contributed by atoms with Crippen LogP contribution in [0.25, 0.3) is 0 Å². The molecule has 0 N–H and O–H groups in total. The predicted octanol–water partition coefficient (Wildman–Crippen LogP) is 2.26. The van der Waals surface area contributed by atoms with Crippen molar-refractivity contribution in [2.45, 2.75) is 13.3 Å². The van der Waals surface area contributed by atoms with Crippen molar-refractivity contribution in [3.05, 3.63) is 11.1 Å². The molecule has 2 rings (SSSR count). The molecular weight excluding hydrogens is 200 g/mol. The minimum absolute atomic E-state index is 1.05. The Hall–Kier alpha value is -0.220. The Morgan fingerprint density at radius 3 is 2.85 bits per heavy atom. The smallest absolute Gasteiger partial charge is 0.185 e. The lowest BCUT2D eigenvalue weighted by molar-refractivity contribution is 0.847. The largest absolute Gasteiger partial charge is 0.346 e. The van der Waals surface area contributed by atoms with E-state index in [1.807, 2.05) is 11.8 Å². The highest BCUT2D eigenvalue weighted by Crippen LogP contribution is 2.23. The van der Waals surface area contributed by atoms with Gasteiger partial charge >= 0.3 is 0 Å². The van der Waals surface area contributed by atoms with Crippen LogP contribution < -0.4 is 4.90 Å². The van der Waals surface area contributed by atoms with E-state index in [-0.39, 0.29) is 0 Å². The number of thioether (sulfide) groups is 1. The minimum Gasteiger partial charge on any atom is -0.346 e. The van der Waals surface area contributed by atoms with Crippen LogP contribution in [0.1, 0.15) is 12.6 Å². The van der Waals surface area contributed by atoms with Crippen LogP contribution in [-0.4, -0.2) is 29.6 Å². The first kappa shape index (κ1) is 9.34. The second kappa shape index (κ2) is 4.33. The molecule has 1 aromatic rings. The summed E-state index contributed by atoms with van der Waals surface area (Å²) in [5.41, 5.74) is 1.23. The number of aryl methyl sites for hydroxylation is 1. The van der Waals surface area contributed by atoms with Crippen LogP contribution >= 0.6 is 23.1 Å². The molecule has 13 heavy (non-hydrogen) atoms. The van der Waals surface area contributed by atoms with Gasteiger partial charge in [0.05, 0.1) is 5.69 Å². The maximum Gasteiger partial charge on any atom is 0.185 e. The molecule has 1 fully saturated rings. The number of anilines is 1. The fourth-order valence-corrected chi connectivity index (χ4v) is 3.22. The van der Waals surface area contributed by atoms with E-state index in [2.05, 4.69) is 22.2 Å².